The number of unbranched alkanes of at least 4 members (excludes halogenated alkanes) is 1. The van der Waals surface area contributed by atoms with E-state index in [1.807, 2.05) is 24.3 Å². The maximum atomic E-state index is 5.94. The van der Waals surface area contributed by atoms with E-state index in [0.29, 0.717) is 19.1 Å². The molecule has 1 heterocycles. The van der Waals surface area contributed by atoms with E-state index in [0.717, 1.165) is 28.1 Å². The smallest absolute Gasteiger partial charge is 0.183 e. The van der Waals surface area contributed by atoms with Gasteiger partial charge in [0.15, 0.2) is 6.29 Å². The van der Waals surface area contributed by atoms with Gasteiger partial charge in [-0.05, 0) is 29.7 Å². The van der Waals surface area contributed by atoms with Gasteiger partial charge >= 0.3 is 0 Å². The Morgan fingerprint density at radius 3 is 2.12 bits per heavy atom. The molecule has 2 nitrogen and oxygen atoms in total. The fraction of sp³-hybridized carbons (Fsp3) is 0.333. The quantitative estimate of drug-likeness (QED) is 0.618. The van der Waals surface area contributed by atoms with Crippen molar-refractivity contribution in [2.24, 2.45) is 5.92 Å². The molecule has 0 bridgehead atoms. The maximum Gasteiger partial charge on any atom is 0.183 e. The van der Waals surface area contributed by atoms with Crippen molar-refractivity contribution in [1.29, 1.82) is 0 Å². The lowest BCUT2D eigenvalue weighted by Crippen LogP contribution is -2.25. The molecule has 0 radical (unpaired) electrons. The highest BCUT2D eigenvalue weighted by Gasteiger charge is 2.21. The van der Waals surface area contributed by atoms with Crippen molar-refractivity contribution in [2.75, 3.05) is 13.2 Å². The van der Waals surface area contributed by atoms with Crippen molar-refractivity contribution in [3.63, 3.8) is 0 Å². The number of ether oxygens (including phenoxy) is 2. The second-order valence-electron chi connectivity index (χ2n) is 6.10. The summed E-state index contributed by atoms with van der Waals surface area (Å²) in [4.78, 5) is 0. The summed E-state index contributed by atoms with van der Waals surface area (Å²) < 4.78 is 11.8. The standard InChI is InChI=1S/C21H23ClO2/c1-2-3-4-5-16-14-23-21(24-15-16)19-8-6-17(7-9-19)18-10-12-20(22)13-11-18/h4-13,16,21H,2-3,14-15H2,1H3/b5-4+. The van der Waals surface area contributed by atoms with E-state index >= 15 is 0 Å². The largest absolute Gasteiger partial charge is 0.348 e. The second-order valence-corrected chi connectivity index (χ2v) is 6.54. The summed E-state index contributed by atoms with van der Waals surface area (Å²) in [5.41, 5.74) is 3.37. The second kappa shape index (κ2) is 8.48. The van der Waals surface area contributed by atoms with Crippen LogP contribution in [-0.2, 0) is 9.47 Å². The topological polar surface area (TPSA) is 18.5 Å². The lowest BCUT2D eigenvalue weighted by Gasteiger charge is -2.28. The molecule has 0 atom stereocenters. The van der Waals surface area contributed by atoms with Gasteiger partial charge < -0.3 is 9.47 Å². The van der Waals surface area contributed by atoms with E-state index in [9.17, 15) is 0 Å². The van der Waals surface area contributed by atoms with Crippen LogP contribution in [0.2, 0.25) is 5.02 Å². The lowest BCUT2D eigenvalue weighted by atomic mass is 10.0. The third kappa shape index (κ3) is 4.47. The molecule has 1 fully saturated rings. The average Bonchev–Trinajstić information content (AvgIpc) is 2.63. The van der Waals surface area contributed by atoms with Crippen molar-refractivity contribution in [3.05, 3.63) is 71.3 Å². The fourth-order valence-corrected chi connectivity index (χ4v) is 2.88. The van der Waals surface area contributed by atoms with Gasteiger partial charge in [0.2, 0.25) is 0 Å². The molecular weight excluding hydrogens is 320 g/mol. The van der Waals surface area contributed by atoms with Gasteiger partial charge in [-0.15, -0.1) is 0 Å². The molecule has 0 amide bonds. The monoisotopic (exact) mass is 342 g/mol. The predicted octanol–water partition coefficient (Wildman–Crippen LogP) is 6.02. The first-order valence-electron chi connectivity index (χ1n) is 8.52. The van der Waals surface area contributed by atoms with Crippen LogP contribution in [0, 0.1) is 5.92 Å². The van der Waals surface area contributed by atoms with E-state index in [1.54, 1.807) is 0 Å². The number of benzene rings is 2. The molecule has 0 unspecified atom stereocenters. The van der Waals surface area contributed by atoms with Crippen LogP contribution in [0.15, 0.2) is 60.7 Å². The number of hydrogen-bond donors (Lipinski definition) is 0. The molecule has 0 saturated carbocycles. The minimum Gasteiger partial charge on any atom is -0.348 e. The SMILES string of the molecule is CCC/C=C/C1COC(c2ccc(-c3ccc(Cl)cc3)cc2)OC1. The summed E-state index contributed by atoms with van der Waals surface area (Å²) in [6.45, 7) is 3.61. The number of hydrogen-bond acceptors (Lipinski definition) is 2. The Balaban J connectivity index is 1.59. The Bertz CT molecular complexity index is 653. The van der Waals surface area contributed by atoms with E-state index in [-0.39, 0.29) is 6.29 Å². The molecule has 3 rings (SSSR count). The van der Waals surface area contributed by atoms with Crippen LogP contribution < -0.4 is 0 Å². The van der Waals surface area contributed by atoms with Crippen molar-refractivity contribution < 1.29 is 9.47 Å². The zero-order chi connectivity index (χ0) is 16.8. The molecule has 2 aromatic carbocycles. The third-order valence-electron chi connectivity index (χ3n) is 4.15. The van der Waals surface area contributed by atoms with Crippen molar-refractivity contribution in [3.8, 4) is 11.1 Å². The van der Waals surface area contributed by atoms with Crippen LogP contribution in [0.3, 0.4) is 0 Å². The van der Waals surface area contributed by atoms with E-state index in [1.165, 1.54) is 6.42 Å². The Kier molecular flexibility index (Phi) is 6.08. The number of rotatable bonds is 5. The van der Waals surface area contributed by atoms with Crippen molar-refractivity contribution in [2.45, 2.75) is 26.1 Å². The third-order valence-corrected chi connectivity index (χ3v) is 4.40. The minimum atomic E-state index is -0.264. The molecule has 0 aromatic heterocycles. The fourth-order valence-electron chi connectivity index (χ4n) is 2.75. The molecule has 1 aliphatic heterocycles. The molecule has 0 N–H and O–H groups in total. The van der Waals surface area contributed by atoms with Gasteiger partial charge in [0.05, 0.1) is 13.2 Å². The molecule has 3 heteroatoms. The maximum absolute atomic E-state index is 5.94. The highest BCUT2D eigenvalue weighted by molar-refractivity contribution is 6.30. The van der Waals surface area contributed by atoms with Gasteiger partial charge in [0.1, 0.15) is 0 Å². The Morgan fingerprint density at radius 2 is 1.54 bits per heavy atom. The molecule has 1 saturated heterocycles. The van der Waals surface area contributed by atoms with Crippen molar-refractivity contribution in [1.82, 2.24) is 0 Å². The summed E-state index contributed by atoms with van der Waals surface area (Å²) in [6, 6.07) is 16.2. The number of allylic oxidation sites excluding steroid dienone is 1. The minimum absolute atomic E-state index is 0.264. The normalized spacial score (nSPS) is 21.2. The van der Waals surface area contributed by atoms with E-state index in [4.69, 9.17) is 21.1 Å². The first-order chi connectivity index (χ1) is 11.8. The van der Waals surface area contributed by atoms with Gasteiger partial charge in [-0.3, -0.25) is 0 Å². The van der Waals surface area contributed by atoms with Crippen LogP contribution in [0.25, 0.3) is 11.1 Å². The summed E-state index contributed by atoms with van der Waals surface area (Å²) in [5, 5.41) is 0.752. The summed E-state index contributed by atoms with van der Waals surface area (Å²) in [6.07, 6.45) is 6.46. The molecule has 0 spiro atoms. The molecule has 0 aliphatic carbocycles. The molecular formula is C21H23ClO2. The van der Waals surface area contributed by atoms with Crippen LogP contribution in [-0.4, -0.2) is 13.2 Å². The summed E-state index contributed by atoms with van der Waals surface area (Å²) >= 11 is 5.94. The molecule has 2 aromatic rings. The zero-order valence-electron chi connectivity index (χ0n) is 14.0. The Hall–Kier alpha value is -1.61. The van der Waals surface area contributed by atoms with Gasteiger partial charge in [-0.1, -0.05) is 73.5 Å². The zero-order valence-corrected chi connectivity index (χ0v) is 14.7. The first kappa shape index (κ1) is 17.2. The van der Waals surface area contributed by atoms with Crippen molar-refractivity contribution >= 4 is 11.6 Å². The van der Waals surface area contributed by atoms with Gasteiger partial charge in [-0.2, -0.15) is 0 Å². The van der Waals surface area contributed by atoms with Crippen LogP contribution in [0.5, 0.6) is 0 Å². The van der Waals surface area contributed by atoms with E-state index < -0.39 is 0 Å². The van der Waals surface area contributed by atoms with Gasteiger partial charge in [-0.25, -0.2) is 0 Å². The predicted molar refractivity (Wildman–Crippen MR) is 99.1 cm³/mol. The summed E-state index contributed by atoms with van der Waals surface area (Å²) in [5.74, 6) is 0.362. The highest BCUT2D eigenvalue weighted by Crippen LogP contribution is 2.28. The summed E-state index contributed by atoms with van der Waals surface area (Å²) in [7, 11) is 0. The van der Waals surface area contributed by atoms with Gasteiger partial charge in [0.25, 0.3) is 0 Å². The average molecular weight is 343 g/mol. The van der Waals surface area contributed by atoms with Crippen LogP contribution >= 0.6 is 11.6 Å². The molecule has 24 heavy (non-hydrogen) atoms. The Labute approximate surface area is 149 Å². The van der Waals surface area contributed by atoms with Gasteiger partial charge in [0, 0.05) is 16.5 Å². The number of halogens is 1. The molecule has 126 valence electrons. The highest BCUT2D eigenvalue weighted by atomic mass is 35.5. The first-order valence-corrected chi connectivity index (χ1v) is 8.90. The molecule has 1 aliphatic rings. The Morgan fingerprint density at radius 1 is 0.958 bits per heavy atom. The van der Waals surface area contributed by atoms with Crippen LogP contribution in [0.4, 0.5) is 0 Å². The van der Waals surface area contributed by atoms with E-state index in [2.05, 4.69) is 43.3 Å². The van der Waals surface area contributed by atoms with Crippen LogP contribution in [0.1, 0.15) is 31.6 Å². The lowest BCUT2D eigenvalue weighted by molar-refractivity contribution is -0.197.